The number of carbonyl (C=O) groups excluding carboxylic acids is 2. The number of nitrogens with one attached hydrogen (secondary N) is 2. The van der Waals surface area contributed by atoms with Crippen molar-refractivity contribution in [1.82, 2.24) is 9.88 Å². The van der Waals surface area contributed by atoms with Crippen LogP contribution in [0.3, 0.4) is 0 Å². The average Bonchev–Trinajstić information content (AvgIpc) is 3.23. The van der Waals surface area contributed by atoms with Crippen LogP contribution in [-0.2, 0) is 11.2 Å². The quantitative estimate of drug-likeness (QED) is 0.428. The highest BCUT2D eigenvalue weighted by molar-refractivity contribution is 6.11. The predicted molar refractivity (Wildman–Crippen MR) is 124 cm³/mol. The zero-order chi connectivity index (χ0) is 21.8. The van der Waals surface area contributed by atoms with Crippen LogP contribution in [0, 0.1) is 0 Å². The number of likely N-dealkylation sites (N-methyl/N-ethyl adjacent to an activating group) is 1. The minimum absolute atomic E-state index is 0.00416. The number of para-hydroxylation sites is 1. The number of H-pyrrole nitrogens is 1. The van der Waals surface area contributed by atoms with E-state index in [1.165, 1.54) is 0 Å². The summed E-state index contributed by atoms with van der Waals surface area (Å²) >= 11 is 0. The monoisotopic (exact) mass is 411 g/mol. The maximum atomic E-state index is 13.6. The first kappa shape index (κ1) is 20.4. The number of rotatable bonds is 7. The molecule has 0 bridgehead atoms. The van der Waals surface area contributed by atoms with Crippen molar-refractivity contribution in [2.45, 2.75) is 12.5 Å². The molecule has 1 heterocycles. The Morgan fingerprint density at radius 1 is 0.903 bits per heavy atom. The molecule has 0 aliphatic rings. The molecule has 2 N–H and O–H groups in total. The summed E-state index contributed by atoms with van der Waals surface area (Å²) in [6.45, 7) is 0. The van der Waals surface area contributed by atoms with Gasteiger partial charge < -0.3 is 15.2 Å². The SMILES string of the molecule is CN(C)C(=O)Cc1ccc(NC(C(=O)c2c[nH]c3ccccc23)c2ccccc2)cc1. The fourth-order valence-corrected chi connectivity index (χ4v) is 3.59. The first-order valence-corrected chi connectivity index (χ1v) is 10.2. The van der Waals surface area contributed by atoms with Crippen LogP contribution in [0.2, 0.25) is 0 Å². The van der Waals surface area contributed by atoms with E-state index in [2.05, 4.69) is 10.3 Å². The maximum absolute atomic E-state index is 13.6. The summed E-state index contributed by atoms with van der Waals surface area (Å²) in [6, 6.07) is 24.6. The molecule has 156 valence electrons. The van der Waals surface area contributed by atoms with E-state index < -0.39 is 6.04 Å². The Labute approximate surface area is 181 Å². The van der Waals surface area contributed by atoms with Gasteiger partial charge in [0.25, 0.3) is 0 Å². The van der Waals surface area contributed by atoms with Gasteiger partial charge in [0.05, 0.1) is 6.42 Å². The lowest BCUT2D eigenvalue weighted by Gasteiger charge is -2.19. The van der Waals surface area contributed by atoms with Gasteiger partial charge in [-0.3, -0.25) is 9.59 Å². The maximum Gasteiger partial charge on any atom is 0.226 e. The molecule has 3 aromatic carbocycles. The number of carbonyl (C=O) groups is 2. The van der Waals surface area contributed by atoms with Crippen molar-refractivity contribution < 1.29 is 9.59 Å². The molecule has 0 saturated heterocycles. The van der Waals surface area contributed by atoms with Crippen molar-refractivity contribution in [3.8, 4) is 0 Å². The number of aromatic nitrogens is 1. The van der Waals surface area contributed by atoms with Crippen LogP contribution in [0.5, 0.6) is 0 Å². The van der Waals surface area contributed by atoms with Gasteiger partial charge in [-0.25, -0.2) is 0 Å². The number of hydrogen-bond acceptors (Lipinski definition) is 3. The number of anilines is 1. The predicted octanol–water partition coefficient (Wildman–Crippen LogP) is 4.83. The smallest absolute Gasteiger partial charge is 0.226 e. The zero-order valence-corrected chi connectivity index (χ0v) is 17.6. The summed E-state index contributed by atoms with van der Waals surface area (Å²) in [7, 11) is 3.50. The third-order valence-corrected chi connectivity index (χ3v) is 5.37. The fourth-order valence-electron chi connectivity index (χ4n) is 3.59. The van der Waals surface area contributed by atoms with Crippen molar-refractivity contribution in [2.75, 3.05) is 19.4 Å². The van der Waals surface area contributed by atoms with E-state index in [4.69, 9.17) is 0 Å². The Balaban J connectivity index is 1.62. The van der Waals surface area contributed by atoms with E-state index in [1.54, 1.807) is 25.2 Å². The Morgan fingerprint density at radius 2 is 1.58 bits per heavy atom. The second-order valence-corrected chi connectivity index (χ2v) is 7.76. The number of nitrogens with zero attached hydrogens (tertiary/aromatic N) is 1. The number of ketones is 1. The Hall–Kier alpha value is -3.86. The van der Waals surface area contributed by atoms with Crippen LogP contribution in [0.15, 0.2) is 85.1 Å². The van der Waals surface area contributed by atoms with E-state index >= 15 is 0 Å². The van der Waals surface area contributed by atoms with Gasteiger partial charge in [-0.15, -0.1) is 0 Å². The van der Waals surface area contributed by atoms with Gasteiger partial charge in [-0.2, -0.15) is 0 Å². The molecule has 0 aliphatic heterocycles. The second-order valence-electron chi connectivity index (χ2n) is 7.76. The zero-order valence-electron chi connectivity index (χ0n) is 17.6. The lowest BCUT2D eigenvalue weighted by atomic mass is 9.96. The number of amides is 1. The van der Waals surface area contributed by atoms with E-state index in [1.807, 2.05) is 78.9 Å². The molecular weight excluding hydrogens is 386 g/mol. The molecule has 0 saturated carbocycles. The molecule has 0 radical (unpaired) electrons. The molecule has 1 aromatic heterocycles. The van der Waals surface area contributed by atoms with Crippen LogP contribution < -0.4 is 5.32 Å². The number of hydrogen-bond donors (Lipinski definition) is 2. The van der Waals surface area contributed by atoms with Crippen molar-refractivity contribution in [2.24, 2.45) is 0 Å². The largest absolute Gasteiger partial charge is 0.371 e. The van der Waals surface area contributed by atoms with E-state index in [0.717, 1.165) is 27.7 Å². The molecular formula is C26H25N3O2. The molecule has 1 unspecified atom stereocenters. The van der Waals surface area contributed by atoms with Gasteiger partial charge in [-0.05, 0) is 29.3 Å². The summed E-state index contributed by atoms with van der Waals surface area (Å²) in [5.74, 6) is 0.0490. The Bertz CT molecular complexity index is 1190. The summed E-state index contributed by atoms with van der Waals surface area (Å²) in [4.78, 5) is 30.3. The fraction of sp³-hybridized carbons (Fsp3) is 0.154. The molecule has 0 spiro atoms. The first-order valence-electron chi connectivity index (χ1n) is 10.2. The van der Waals surface area contributed by atoms with Crippen LogP contribution in [0.25, 0.3) is 10.9 Å². The van der Waals surface area contributed by atoms with E-state index in [9.17, 15) is 9.59 Å². The summed E-state index contributed by atoms with van der Waals surface area (Å²) in [5, 5.41) is 4.30. The normalized spacial score (nSPS) is 11.8. The average molecular weight is 412 g/mol. The van der Waals surface area contributed by atoms with Crippen molar-refractivity contribution in [3.63, 3.8) is 0 Å². The Morgan fingerprint density at radius 3 is 2.29 bits per heavy atom. The Kier molecular flexibility index (Phi) is 5.85. The lowest BCUT2D eigenvalue weighted by molar-refractivity contribution is -0.127. The minimum atomic E-state index is -0.533. The van der Waals surface area contributed by atoms with Gasteiger partial charge >= 0.3 is 0 Å². The van der Waals surface area contributed by atoms with E-state index in [-0.39, 0.29) is 11.7 Å². The van der Waals surface area contributed by atoms with Gasteiger partial charge in [0, 0.05) is 42.4 Å². The van der Waals surface area contributed by atoms with Crippen LogP contribution in [0.1, 0.15) is 27.5 Å². The first-order chi connectivity index (χ1) is 15.0. The lowest BCUT2D eigenvalue weighted by Crippen LogP contribution is -2.23. The summed E-state index contributed by atoms with van der Waals surface area (Å²) < 4.78 is 0. The standard InChI is InChI=1S/C26H25N3O2/c1-29(2)24(30)16-18-12-14-20(15-13-18)28-25(19-8-4-3-5-9-19)26(31)22-17-27-23-11-7-6-10-21(22)23/h3-15,17,25,27-28H,16H2,1-2H3. The molecule has 0 aliphatic carbocycles. The van der Waals surface area contributed by atoms with Gasteiger partial charge in [0.2, 0.25) is 5.91 Å². The molecule has 4 aromatic rings. The second kappa shape index (κ2) is 8.88. The molecule has 1 amide bonds. The highest BCUT2D eigenvalue weighted by Crippen LogP contribution is 2.28. The number of fused-ring (bicyclic) bond motifs is 1. The summed E-state index contributed by atoms with van der Waals surface area (Å²) in [5.41, 5.74) is 4.24. The van der Waals surface area contributed by atoms with Crippen molar-refractivity contribution in [1.29, 1.82) is 0 Å². The van der Waals surface area contributed by atoms with Gasteiger partial charge in [0.1, 0.15) is 6.04 Å². The van der Waals surface area contributed by atoms with Gasteiger partial charge in [-0.1, -0.05) is 60.7 Å². The van der Waals surface area contributed by atoms with Gasteiger partial charge in [0.15, 0.2) is 5.78 Å². The molecule has 1 atom stereocenters. The van der Waals surface area contributed by atoms with Crippen LogP contribution in [0.4, 0.5) is 5.69 Å². The third-order valence-electron chi connectivity index (χ3n) is 5.37. The number of aromatic amines is 1. The topological polar surface area (TPSA) is 65.2 Å². The minimum Gasteiger partial charge on any atom is -0.371 e. The van der Waals surface area contributed by atoms with Crippen molar-refractivity contribution >= 4 is 28.3 Å². The highest BCUT2D eigenvalue weighted by atomic mass is 16.2. The summed E-state index contributed by atoms with van der Waals surface area (Å²) in [6.07, 6.45) is 2.13. The number of Topliss-reactive ketones (excluding diaryl/α,β-unsaturated/α-hetero) is 1. The molecule has 31 heavy (non-hydrogen) atoms. The van der Waals surface area contributed by atoms with E-state index in [0.29, 0.717) is 12.0 Å². The third kappa shape index (κ3) is 4.51. The molecule has 5 nitrogen and oxygen atoms in total. The molecule has 4 rings (SSSR count). The van der Waals surface area contributed by atoms with Crippen molar-refractivity contribution in [3.05, 3.63) is 102 Å². The molecule has 5 heteroatoms. The number of benzene rings is 3. The van der Waals surface area contributed by atoms with Crippen LogP contribution >= 0.6 is 0 Å². The van der Waals surface area contributed by atoms with Crippen LogP contribution in [-0.4, -0.2) is 35.7 Å². The molecule has 0 fully saturated rings. The highest BCUT2D eigenvalue weighted by Gasteiger charge is 2.24.